The highest BCUT2D eigenvalue weighted by Crippen LogP contribution is 2.26. The molecule has 0 unspecified atom stereocenters. The maximum atomic E-state index is 12.9. The van der Waals surface area contributed by atoms with Gasteiger partial charge in [0.15, 0.2) is 0 Å². The van der Waals surface area contributed by atoms with E-state index < -0.39 is 10.0 Å². The third kappa shape index (κ3) is 6.88. The molecule has 1 amide bonds. The first-order valence-electron chi connectivity index (χ1n) is 10.8. The number of benzene rings is 1. The summed E-state index contributed by atoms with van der Waals surface area (Å²) in [5.41, 5.74) is 0.709. The SMILES string of the molecule is COc1ccc(S(=O)(=O)N2CCOCC2)cc1CCC(=O)NCCCN1CCOCC1. The highest BCUT2D eigenvalue weighted by atomic mass is 32.2. The van der Waals surface area contributed by atoms with Crippen LogP contribution in [0.25, 0.3) is 0 Å². The molecule has 1 N–H and O–H groups in total. The number of carbonyl (C=O) groups excluding carboxylic acids is 1. The van der Waals surface area contributed by atoms with E-state index in [0.717, 1.165) is 39.3 Å². The zero-order valence-electron chi connectivity index (χ0n) is 18.2. The summed E-state index contributed by atoms with van der Waals surface area (Å²) in [5.74, 6) is 0.534. The molecule has 2 saturated heterocycles. The molecule has 2 heterocycles. The maximum absolute atomic E-state index is 12.9. The second-order valence-corrected chi connectivity index (χ2v) is 9.59. The van der Waals surface area contributed by atoms with E-state index in [0.29, 0.717) is 50.6 Å². The van der Waals surface area contributed by atoms with Crippen molar-refractivity contribution in [2.24, 2.45) is 0 Å². The minimum absolute atomic E-state index is 0.0505. The highest BCUT2D eigenvalue weighted by molar-refractivity contribution is 7.89. The summed E-state index contributed by atoms with van der Waals surface area (Å²) in [5, 5.41) is 2.95. The Kier molecular flexibility index (Phi) is 9.09. The number of aryl methyl sites for hydroxylation is 1. The molecule has 0 aliphatic carbocycles. The first-order valence-corrected chi connectivity index (χ1v) is 12.3. The van der Waals surface area contributed by atoms with Gasteiger partial charge in [-0.2, -0.15) is 4.31 Å². The number of carbonyl (C=O) groups is 1. The van der Waals surface area contributed by atoms with Crippen molar-refractivity contribution in [1.29, 1.82) is 0 Å². The number of amides is 1. The van der Waals surface area contributed by atoms with Crippen LogP contribution in [-0.2, 0) is 30.7 Å². The maximum Gasteiger partial charge on any atom is 0.243 e. The molecule has 0 atom stereocenters. The summed E-state index contributed by atoms with van der Waals surface area (Å²) in [6.07, 6.45) is 1.57. The second kappa shape index (κ2) is 11.8. The third-order valence-corrected chi connectivity index (χ3v) is 7.45. The number of nitrogens with zero attached hydrogens (tertiary/aromatic N) is 2. The van der Waals surface area contributed by atoms with Gasteiger partial charge in [0.2, 0.25) is 15.9 Å². The predicted molar refractivity (Wildman–Crippen MR) is 116 cm³/mol. The third-order valence-electron chi connectivity index (χ3n) is 5.56. The van der Waals surface area contributed by atoms with Crippen LogP contribution in [0, 0.1) is 0 Å². The summed E-state index contributed by atoms with van der Waals surface area (Å²) in [4.78, 5) is 14.8. The van der Waals surface area contributed by atoms with Crippen LogP contribution in [0.1, 0.15) is 18.4 Å². The molecule has 174 valence electrons. The minimum Gasteiger partial charge on any atom is -0.496 e. The summed E-state index contributed by atoms with van der Waals surface area (Å²) in [7, 11) is -2.05. The van der Waals surface area contributed by atoms with E-state index in [1.165, 1.54) is 4.31 Å². The normalized spacial score (nSPS) is 18.6. The molecule has 0 spiro atoms. The van der Waals surface area contributed by atoms with Crippen molar-refractivity contribution in [2.75, 3.05) is 72.8 Å². The zero-order chi connectivity index (χ0) is 22.1. The summed E-state index contributed by atoms with van der Waals surface area (Å²) < 4.78 is 43.2. The smallest absolute Gasteiger partial charge is 0.243 e. The van der Waals surface area contributed by atoms with Gasteiger partial charge in [0, 0.05) is 39.1 Å². The number of rotatable bonds is 10. The average Bonchev–Trinajstić information content (AvgIpc) is 2.81. The number of hydrogen-bond donors (Lipinski definition) is 1. The monoisotopic (exact) mass is 455 g/mol. The molecule has 2 fully saturated rings. The number of sulfonamides is 1. The molecule has 31 heavy (non-hydrogen) atoms. The van der Waals surface area contributed by atoms with Crippen LogP contribution in [0.5, 0.6) is 5.75 Å². The van der Waals surface area contributed by atoms with Gasteiger partial charge in [-0.15, -0.1) is 0 Å². The molecule has 2 aliphatic rings. The standard InChI is InChI=1S/C21H33N3O6S/c1-28-20-5-4-19(31(26,27)24-11-15-30-16-12-24)17-18(20)3-6-21(25)22-7-2-8-23-9-13-29-14-10-23/h4-5,17H,2-3,6-16H2,1H3,(H,22,25). The molecule has 9 nitrogen and oxygen atoms in total. The van der Waals surface area contributed by atoms with Crippen LogP contribution in [-0.4, -0.2) is 96.3 Å². The number of methoxy groups -OCH3 is 1. The van der Waals surface area contributed by atoms with Gasteiger partial charge in [-0.05, 0) is 43.1 Å². The zero-order valence-corrected chi connectivity index (χ0v) is 19.0. The Balaban J connectivity index is 1.51. The van der Waals surface area contributed by atoms with Crippen LogP contribution in [0.4, 0.5) is 0 Å². The number of nitrogens with one attached hydrogen (secondary N) is 1. The van der Waals surface area contributed by atoms with Gasteiger partial charge in [0.05, 0.1) is 38.4 Å². The molecule has 1 aromatic rings. The van der Waals surface area contributed by atoms with Crippen molar-refractivity contribution in [3.63, 3.8) is 0 Å². The molecular formula is C21H33N3O6S. The number of ether oxygens (including phenoxy) is 3. The first-order chi connectivity index (χ1) is 15.0. The van der Waals surface area contributed by atoms with Gasteiger partial charge in [0.25, 0.3) is 0 Å². The van der Waals surface area contributed by atoms with Gasteiger partial charge in [0.1, 0.15) is 5.75 Å². The Hall–Kier alpha value is -1.72. The van der Waals surface area contributed by atoms with E-state index in [2.05, 4.69) is 10.2 Å². The fourth-order valence-electron chi connectivity index (χ4n) is 3.74. The van der Waals surface area contributed by atoms with Crippen molar-refractivity contribution in [2.45, 2.75) is 24.2 Å². The van der Waals surface area contributed by atoms with Crippen LogP contribution >= 0.6 is 0 Å². The molecule has 0 aromatic heterocycles. The van der Waals surface area contributed by atoms with E-state index in [1.807, 2.05) is 0 Å². The van der Waals surface area contributed by atoms with E-state index >= 15 is 0 Å². The van der Waals surface area contributed by atoms with Crippen molar-refractivity contribution in [3.8, 4) is 5.75 Å². The van der Waals surface area contributed by atoms with E-state index in [1.54, 1.807) is 25.3 Å². The number of morpholine rings is 2. The van der Waals surface area contributed by atoms with Crippen molar-refractivity contribution in [3.05, 3.63) is 23.8 Å². The topological polar surface area (TPSA) is 97.4 Å². The van der Waals surface area contributed by atoms with Crippen LogP contribution in [0.3, 0.4) is 0 Å². The van der Waals surface area contributed by atoms with E-state index in [4.69, 9.17) is 14.2 Å². The first kappa shape index (κ1) is 23.9. The van der Waals surface area contributed by atoms with E-state index in [-0.39, 0.29) is 17.2 Å². The van der Waals surface area contributed by atoms with Crippen molar-refractivity contribution >= 4 is 15.9 Å². The highest BCUT2D eigenvalue weighted by Gasteiger charge is 2.27. The molecule has 0 radical (unpaired) electrons. The molecule has 10 heteroatoms. The largest absolute Gasteiger partial charge is 0.496 e. The van der Waals surface area contributed by atoms with Gasteiger partial charge in [-0.3, -0.25) is 9.69 Å². The molecule has 1 aromatic carbocycles. The molecule has 0 bridgehead atoms. The van der Waals surface area contributed by atoms with Gasteiger partial charge in [-0.1, -0.05) is 0 Å². The lowest BCUT2D eigenvalue weighted by molar-refractivity contribution is -0.121. The summed E-state index contributed by atoms with van der Waals surface area (Å²) in [6.45, 7) is 6.48. The molecule has 3 rings (SSSR count). The lowest BCUT2D eigenvalue weighted by Gasteiger charge is -2.26. The summed E-state index contributed by atoms with van der Waals surface area (Å²) in [6, 6.07) is 4.83. The molecule has 2 aliphatic heterocycles. The second-order valence-electron chi connectivity index (χ2n) is 7.65. The average molecular weight is 456 g/mol. The fraction of sp³-hybridized carbons (Fsp3) is 0.667. The lowest BCUT2D eigenvalue weighted by atomic mass is 10.1. The van der Waals surface area contributed by atoms with Crippen LogP contribution in [0.15, 0.2) is 23.1 Å². The molecular weight excluding hydrogens is 422 g/mol. The van der Waals surface area contributed by atoms with Gasteiger partial charge in [-0.25, -0.2) is 8.42 Å². The van der Waals surface area contributed by atoms with Crippen molar-refractivity contribution < 1.29 is 27.4 Å². The fourth-order valence-corrected chi connectivity index (χ4v) is 5.20. The Morgan fingerprint density at radius 2 is 1.77 bits per heavy atom. The number of hydrogen-bond acceptors (Lipinski definition) is 7. The lowest BCUT2D eigenvalue weighted by Crippen LogP contribution is -2.40. The minimum atomic E-state index is -3.59. The van der Waals surface area contributed by atoms with Crippen LogP contribution < -0.4 is 10.1 Å². The Bertz CT molecular complexity index is 820. The quantitative estimate of drug-likeness (QED) is 0.513. The van der Waals surface area contributed by atoms with Gasteiger partial charge >= 0.3 is 0 Å². The Morgan fingerprint density at radius 3 is 2.45 bits per heavy atom. The van der Waals surface area contributed by atoms with Crippen molar-refractivity contribution in [1.82, 2.24) is 14.5 Å². The Morgan fingerprint density at radius 1 is 1.10 bits per heavy atom. The molecule has 0 saturated carbocycles. The van der Waals surface area contributed by atoms with Crippen LogP contribution in [0.2, 0.25) is 0 Å². The van der Waals surface area contributed by atoms with Gasteiger partial charge < -0.3 is 19.5 Å². The summed E-state index contributed by atoms with van der Waals surface area (Å²) >= 11 is 0. The van der Waals surface area contributed by atoms with E-state index in [9.17, 15) is 13.2 Å². The predicted octanol–water partition coefficient (Wildman–Crippen LogP) is 0.487. The Labute approximate surface area is 184 Å².